The lowest BCUT2D eigenvalue weighted by Crippen LogP contribution is -2.40. The molecular weight excluding hydrogens is 296 g/mol. The predicted molar refractivity (Wildman–Crippen MR) is 88.1 cm³/mol. The average Bonchev–Trinajstić information content (AvgIpc) is 2.95. The van der Waals surface area contributed by atoms with Gasteiger partial charge < -0.3 is 20.4 Å². The number of nitrogens with one attached hydrogen (secondary N) is 1. The summed E-state index contributed by atoms with van der Waals surface area (Å²) in [6.45, 7) is 7.62. The summed E-state index contributed by atoms with van der Waals surface area (Å²) in [5.41, 5.74) is -0.446. The zero-order chi connectivity index (χ0) is 17.0. The molecule has 2 heterocycles. The Morgan fingerprint density at radius 2 is 2.09 bits per heavy atom. The third-order valence-corrected chi connectivity index (χ3v) is 4.18. The first kappa shape index (κ1) is 17.9. The van der Waals surface area contributed by atoms with E-state index in [1.807, 2.05) is 31.5 Å². The minimum absolute atomic E-state index is 0.0252. The minimum Gasteiger partial charge on any atom is -0.394 e. The van der Waals surface area contributed by atoms with E-state index >= 15 is 0 Å². The van der Waals surface area contributed by atoms with Crippen molar-refractivity contribution in [2.24, 2.45) is 5.41 Å². The van der Waals surface area contributed by atoms with Crippen LogP contribution < -0.4 is 5.32 Å². The van der Waals surface area contributed by atoms with E-state index < -0.39 is 11.5 Å². The zero-order valence-electron chi connectivity index (χ0n) is 14.2. The van der Waals surface area contributed by atoms with Gasteiger partial charge in [-0.25, -0.2) is 4.68 Å². The first-order valence-corrected chi connectivity index (χ1v) is 8.17. The lowest BCUT2D eigenvalue weighted by atomic mass is 9.96. The molecule has 1 aromatic heterocycles. The van der Waals surface area contributed by atoms with Gasteiger partial charge in [0.25, 0.3) is 0 Å². The third kappa shape index (κ3) is 4.76. The van der Waals surface area contributed by atoms with Crippen molar-refractivity contribution in [1.29, 1.82) is 0 Å². The number of hydrogen-bond acceptors (Lipinski definition) is 5. The quantitative estimate of drug-likeness (QED) is 0.747. The molecule has 7 heteroatoms. The van der Waals surface area contributed by atoms with Crippen molar-refractivity contribution in [2.45, 2.75) is 45.8 Å². The molecule has 0 aromatic carbocycles. The van der Waals surface area contributed by atoms with Gasteiger partial charge in [0.05, 0.1) is 24.9 Å². The molecule has 1 unspecified atom stereocenters. The molecule has 1 amide bonds. The maximum absolute atomic E-state index is 12.2. The summed E-state index contributed by atoms with van der Waals surface area (Å²) in [7, 11) is 0. The highest BCUT2D eigenvalue weighted by Gasteiger charge is 2.26. The van der Waals surface area contributed by atoms with Crippen molar-refractivity contribution >= 4 is 11.7 Å². The summed E-state index contributed by atoms with van der Waals surface area (Å²) in [6.07, 6.45) is 2.83. The number of likely N-dealkylation sites (tertiary alicyclic amines) is 1. The molecule has 2 rings (SSSR count). The number of nitrogens with zero attached hydrogens (tertiary/aromatic N) is 3. The summed E-state index contributed by atoms with van der Waals surface area (Å²) in [6, 6.07) is 2.06. The fourth-order valence-corrected chi connectivity index (χ4v) is 2.71. The van der Waals surface area contributed by atoms with Gasteiger partial charge in [-0.3, -0.25) is 4.79 Å². The Balaban J connectivity index is 1.94. The van der Waals surface area contributed by atoms with Crippen LogP contribution in [0.3, 0.4) is 0 Å². The zero-order valence-corrected chi connectivity index (χ0v) is 14.2. The van der Waals surface area contributed by atoms with E-state index in [2.05, 4.69) is 15.3 Å². The molecule has 0 spiro atoms. The van der Waals surface area contributed by atoms with Gasteiger partial charge in [-0.05, 0) is 12.8 Å². The molecule has 3 N–H and O–H groups in total. The highest BCUT2D eigenvalue weighted by molar-refractivity contribution is 5.93. The van der Waals surface area contributed by atoms with Gasteiger partial charge in [0.2, 0.25) is 5.91 Å². The van der Waals surface area contributed by atoms with Gasteiger partial charge in [0, 0.05) is 31.1 Å². The molecule has 1 aliphatic rings. The van der Waals surface area contributed by atoms with Crippen LogP contribution in [0.4, 0.5) is 5.82 Å². The van der Waals surface area contributed by atoms with Crippen molar-refractivity contribution in [1.82, 2.24) is 14.7 Å². The summed E-state index contributed by atoms with van der Waals surface area (Å²) in [4.78, 5) is 14.3. The molecule has 0 radical (unpaired) electrons. The highest BCUT2D eigenvalue weighted by Crippen LogP contribution is 2.26. The van der Waals surface area contributed by atoms with Gasteiger partial charge in [-0.1, -0.05) is 20.8 Å². The average molecular weight is 324 g/mol. The molecular formula is C16H28N4O3. The van der Waals surface area contributed by atoms with Crippen LogP contribution in [0, 0.1) is 5.41 Å². The van der Waals surface area contributed by atoms with E-state index in [1.165, 1.54) is 0 Å². The van der Waals surface area contributed by atoms with E-state index in [1.54, 1.807) is 6.20 Å². The van der Waals surface area contributed by atoms with E-state index in [4.69, 9.17) is 5.11 Å². The molecule has 1 fully saturated rings. The number of aromatic nitrogens is 2. The van der Waals surface area contributed by atoms with Crippen LogP contribution in [-0.4, -0.2) is 63.1 Å². The molecule has 23 heavy (non-hydrogen) atoms. The Morgan fingerprint density at radius 1 is 1.43 bits per heavy atom. The number of carbonyl (C=O) groups is 1. The highest BCUT2D eigenvalue weighted by atomic mass is 16.3. The number of hydrogen-bond donors (Lipinski definition) is 3. The number of piperidine rings is 1. The Labute approximate surface area is 137 Å². The van der Waals surface area contributed by atoms with Gasteiger partial charge >= 0.3 is 0 Å². The van der Waals surface area contributed by atoms with Crippen molar-refractivity contribution in [2.75, 3.05) is 31.6 Å². The van der Waals surface area contributed by atoms with Crippen LogP contribution in [0.5, 0.6) is 0 Å². The first-order chi connectivity index (χ1) is 10.8. The Bertz CT molecular complexity index is 516. The molecule has 1 atom stereocenters. The summed E-state index contributed by atoms with van der Waals surface area (Å²) in [5.74, 6) is 0.710. The number of β-amino-alcohol motifs (C(OH)–C–C–N with tert-alkyl or cyclic N) is 1. The molecule has 7 nitrogen and oxygen atoms in total. The van der Waals surface area contributed by atoms with Crippen molar-refractivity contribution in [3.63, 3.8) is 0 Å². The van der Waals surface area contributed by atoms with Gasteiger partial charge in [0.1, 0.15) is 5.82 Å². The largest absolute Gasteiger partial charge is 0.394 e. The smallest absolute Gasteiger partial charge is 0.230 e. The molecule has 1 saturated heterocycles. The molecule has 1 aromatic rings. The molecule has 0 bridgehead atoms. The van der Waals surface area contributed by atoms with Crippen molar-refractivity contribution in [3.8, 4) is 0 Å². The van der Waals surface area contributed by atoms with Crippen LogP contribution in [0.25, 0.3) is 0 Å². The number of aliphatic hydroxyl groups is 2. The molecule has 130 valence electrons. The second-order valence-corrected chi connectivity index (χ2v) is 7.23. The number of aliphatic hydroxyl groups excluding tert-OH is 2. The maximum atomic E-state index is 12.2. The van der Waals surface area contributed by atoms with Gasteiger partial charge in [-0.15, -0.1) is 0 Å². The number of amides is 1. The fraction of sp³-hybridized carbons (Fsp3) is 0.750. The molecule has 0 saturated carbocycles. The Hall–Kier alpha value is -1.44. The van der Waals surface area contributed by atoms with Crippen molar-refractivity contribution in [3.05, 3.63) is 12.3 Å². The summed E-state index contributed by atoms with van der Waals surface area (Å²) >= 11 is 0. The lowest BCUT2D eigenvalue weighted by molar-refractivity contribution is -0.123. The van der Waals surface area contributed by atoms with E-state index in [0.717, 1.165) is 31.7 Å². The monoisotopic (exact) mass is 324 g/mol. The predicted octanol–water partition coefficient (Wildman–Crippen LogP) is 0.858. The SMILES string of the molecule is CC(C)(C)C(=O)Nc1ccnn1C1CCN(CC(O)CO)CC1. The normalized spacial score (nSPS) is 18.8. The number of anilines is 1. The standard InChI is InChI=1S/C16H28N4O3/c1-16(2,3)15(23)18-14-4-7-17-20(14)12-5-8-19(9-6-12)10-13(22)11-21/h4,7,12-13,21-22H,5-6,8-11H2,1-3H3,(H,18,23). The summed E-state index contributed by atoms with van der Waals surface area (Å²) in [5, 5.41) is 25.8. The van der Waals surface area contributed by atoms with Crippen LogP contribution in [0.1, 0.15) is 39.7 Å². The summed E-state index contributed by atoms with van der Waals surface area (Å²) < 4.78 is 1.89. The lowest BCUT2D eigenvalue weighted by Gasteiger charge is -2.33. The van der Waals surface area contributed by atoms with E-state index in [0.29, 0.717) is 6.54 Å². The number of rotatable bonds is 5. The second-order valence-electron chi connectivity index (χ2n) is 7.23. The van der Waals surface area contributed by atoms with Crippen LogP contribution >= 0.6 is 0 Å². The number of carbonyl (C=O) groups excluding carboxylic acids is 1. The maximum Gasteiger partial charge on any atom is 0.230 e. The van der Waals surface area contributed by atoms with Crippen LogP contribution in [0.2, 0.25) is 0 Å². The topological polar surface area (TPSA) is 90.6 Å². The second kappa shape index (κ2) is 7.42. The third-order valence-electron chi connectivity index (χ3n) is 4.18. The first-order valence-electron chi connectivity index (χ1n) is 8.17. The van der Waals surface area contributed by atoms with Gasteiger partial charge in [0.15, 0.2) is 0 Å². The molecule has 1 aliphatic heterocycles. The molecule has 0 aliphatic carbocycles. The van der Waals surface area contributed by atoms with Crippen molar-refractivity contribution < 1.29 is 15.0 Å². The van der Waals surface area contributed by atoms with E-state index in [-0.39, 0.29) is 18.6 Å². The van der Waals surface area contributed by atoms with Crippen LogP contribution in [-0.2, 0) is 4.79 Å². The fourth-order valence-electron chi connectivity index (χ4n) is 2.71. The van der Waals surface area contributed by atoms with Crippen LogP contribution in [0.15, 0.2) is 12.3 Å². The van der Waals surface area contributed by atoms with E-state index in [9.17, 15) is 9.90 Å². The van der Waals surface area contributed by atoms with Gasteiger partial charge in [-0.2, -0.15) is 5.10 Å². The Morgan fingerprint density at radius 3 is 2.65 bits per heavy atom. The minimum atomic E-state index is -0.683. The Kier molecular flexibility index (Phi) is 5.78.